The van der Waals surface area contributed by atoms with Gasteiger partial charge >= 0.3 is 0 Å². The standard InChI is InChI=1S/C15H28O4/c1-3-15(2)14-19-10-7-5-4-6-9-17-12-13-18-11-8-16/h8H,2-7,9-14H2,1H3. The number of aldehydes is 1. The molecule has 0 aromatic heterocycles. The van der Waals surface area contributed by atoms with Gasteiger partial charge in [0.1, 0.15) is 12.9 Å². The van der Waals surface area contributed by atoms with Gasteiger partial charge in [0.2, 0.25) is 0 Å². The zero-order chi connectivity index (χ0) is 14.2. The van der Waals surface area contributed by atoms with Crippen molar-refractivity contribution < 1.29 is 19.0 Å². The van der Waals surface area contributed by atoms with Crippen LogP contribution in [0.3, 0.4) is 0 Å². The molecule has 0 spiro atoms. The van der Waals surface area contributed by atoms with Gasteiger partial charge in [-0.15, -0.1) is 0 Å². The Hall–Kier alpha value is -0.710. The van der Waals surface area contributed by atoms with Gasteiger partial charge in [0.05, 0.1) is 19.8 Å². The molecule has 0 radical (unpaired) electrons. The molecule has 0 atom stereocenters. The van der Waals surface area contributed by atoms with Crippen LogP contribution in [0.5, 0.6) is 0 Å². The minimum Gasteiger partial charge on any atom is -0.379 e. The third-order valence-corrected chi connectivity index (χ3v) is 2.69. The third kappa shape index (κ3) is 15.2. The summed E-state index contributed by atoms with van der Waals surface area (Å²) in [6.45, 7) is 9.49. The van der Waals surface area contributed by atoms with Crippen molar-refractivity contribution in [1.82, 2.24) is 0 Å². The van der Waals surface area contributed by atoms with Crippen molar-refractivity contribution in [1.29, 1.82) is 0 Å². The maximum Gasteiger partial charge on any atom is 0.145 e. The van der Waals surface area contributed by atoms with E-state index < -0.39 is 0 Å². The van der Waals surface area contributed by atoms with Crippen molar-refractivity contribution in [3.8, 4) is 0 Å². The number of hydrogen-bond donors (Lipinski definition) is 0. The van der Waals surface area contributed by atoms with Crippen molar-refractivity contribution in [3.63, 3.8) is 0 Å². The lowest BCUT2D eigenvalue weighted by Crippen LogP contribution is -2.06. The van der Waals surface area contributed by atoms with E-state index in [2.05, 4.69) is 13.5 Å². The zero-order valence-electron chi connectivity index (χ0n) is 12.2. The van der Waals surface area contributed by atoms with Crippen molar-refractivity contribution in [2.24, 2.45) is 0 Å². The highest BCUT2D eigenvalue weighted by molar-refractivity contribution is 5.50. The molecule has 0 aromatic rings. The van der Waals surface area contributed by atoms with Crippen LogP contribution >= 0.6 is 0 Å². The quantitative estimate of drug-likeness (QED) is 0.261. The van der Waals surface area contributed by atoms with Crippen LogP contribution in [0.1, 0.15) is 39.0 Å². The minimum atomic E-state index is 0.161. The highest BCUT2D eigenvalue weighted by atomic mass is 16.5. The molecule has 0 aliphatic rings. The zero-order valence-corrected chi connectivity index (χ0v) is 12.2. The van der Waals surface area contributed by atoms with Crippen LogP contribution in [0.4, 0.5) is 0 Å². The van der Waals surface area contributed by atoms with Gasteiger partial charge in [-0.2, -0.15) is 0 Å². The molecule has 0 aliphatic carbocycles. The van der Waals surface area contributed by atoms with Crippen LogP contribution in [0.2, 0.25) is 0 Å². The summed E-state index contributed by atoms with van der Waals surface area (Å²) in [5.41, 5.74) is 1.16. The molecule has 0 fully saturated rings. The molecule has 0 unspecified atom stereocenters. The molecule has 0 N–H and O–H groups in total. The summed E-state index contributed by atoms with van der Waals surface area (Å²) in [7, 11) is 0. The van der Waals surface area contributed by atoms with E-state index >= 15 is 0 Å². The smallest absolute Gasteiger partial charge is 0.145 e. The topological polar surface area (TPSA) is 44.8 Å². The average Bonchev–Trinajstić information content (AvgIpc) is 2.43. The Morgan fingerprint density at radius 2 is 1.58 bits per heavy atom. The van der Waals surface area contributed by atoms with Crippen molar-refractivity contribution in [3.05, 3.63) is 12.2 Å². The van der Waals surface area contributed by atoms with E-state index in [0.717, 1.165) is 50.8 Å². The fourth-order valence-corrected chi connectivity index (χ4v) is 1.43. The van der Waals surface area contributed by atoms with Gasteiger partial charge < -0.3 is 19.0 Å². The van der Waals surface area contributed by atoms with Crippen LogP contribution in [0.25, 0.3) is 0 Å². The molecule has 0 aliphatic heterocycles. The summed E-state index contributed by atoms with van der Waals surface area (Å²) >= 11 is 0. The molecular weight excluding hydrogens is 244 g/mol. The molecule has 0 heterocycles. The van der Waals surface area contributed by atoms with Gasteiger partial charge in [-0.3, -0.25) is 0 Å². The second-order valence-electron chi connectivity index (χ2n) is 4.42. The summed E-state index contributed by atoms with van der Waals surface area (Å²) in [6, 6.07) is 0. The second kappa shape index (κ2) is 15.3. The first-order chi connectivity index (χ1) is 9.31. The van der Waals surface area contributed by atoms with E-state index in [9.17, 15) is 4.79 Å². The van der Waals surface area contributed by atoms with Crippen molar-refractivity contribution >= 4 is 6.29 Å². The Labute approximate surface area is 117 Å². The number of ether oxygens (including phenoxy) is 3. The molecule has 112 valence electrons. The SMILES string of the molecule is C=C(CC)COCCCCCCOCCOCC=O. The first-order valence-electron chi connectivity index (χ1n) is 7.14. The predicted octanol–water partition coefficient (Wildman–Crippen LogP) is 2.76. The minimum absolute atomic E-state index is 0.161. The third-order valence-electron chi connectivity index (χ3n) is 2.69. The summed E-state index contributed by atoms with van der Waals surface area (Å²) < 4.78 is 15.8. The predicted molar refractivity (Wildman–Crippen MR) is 76.4 cm³/mol. The van der Waals surface area contributed by atoms with E-state index in [4.69, 9.17) is 14.2 Å². The normalized spacial score (nSPS) is 10.6. The van der Waals surface area contributed by atoms with Crippen LogP contribution in [0.15, 0.2) is 12.2 Å². The molecule has 0 rings (SSSR count). The van der Waals surface area contributed by atoms with E-state index in [-0.39, 0.29) is 6.61 Å². The largest absolute Gasteiger partial charge is 0.379 e. The lowest BCUT2D eigenvalue weighted by Gasteiger charge is -2.06. The van der Waals surface area contributed by atoms with Gasteiger partial charge in [0, 0.05) is 13.2 Å². The highest BCUT2D eigenvalue weighted by Gasteiger charge is 1.94. The summed E-state index contributed by atoms with van der Waals surface area (Å²) in [6.07, 6.45) is 6.23. The Morgan fingerprint density at radius 1 is 0.947 bits per heavy atom. The van der Waals surface area contributed by atoms with Gasteiger partial charge in [0.15, 0.2) is 0 Å². The monoisotopic (exact) mass is 272 g/mol. The number of unbranched alkanes of at least 4 members (excludes halogenated alkanes) is 3. The van der Waals surface area contributed by atoms with Gasteiger partial charge in [-0.25, -0.2) is 0 Å². The highest BCUT2D eigenvalue weighted by Crippen LogP contribution is 2.02. The fraction of sp³-hybridized carbons (Fsp3) is 0.800. The number of carbonyl (C=O) groups excluding carboxylic acids is 1. The van der Waals surface area contributed by atoms with E-state index in [1.807, 2.05) is 0 Å². The molecule has 19 heavy (non-hydrogen) atoms. The van der Waals surface area contributed by atoms with Crippen molar-refractivity contribution in [2.45, 2.75) is 39.0 Å². The first-order valence-corrected chi connectivity index (χ1v) is 7.14. The molecule has 0 bridgehead atoms. The van der Waals surface area contributed by atoms with Crippen LogP contribution in [-0.2, 0) is 19.0 Å². The molecule has 0 aromatic carbocycles. The Bertz CT molecular complexity index is 216. The van der Waals surface area contributed by atoms with Crippen molar-refractivity contribution in [2.75, 3.05) is 39.6 Å². The Kier molecular flexibility index (Phi) is 14.8. The van der Waals surface area contributed by atoms with E-state index in [0.29, 0.717) is 19.8 Å². The Morgan fingerprint density at radius 3 is 2.21 bits per heavy atom. The molecular formula is C15H28O4. The van der Waals surface area contributed by atoms with Crippen LogP contribution < -0.4 is 0 Å². The van der Waals surface area contributed by atoms with E-state index in [1.165, 1.54) is 6.42 Å². The molecule has 4 heteroatoms. The van der Waals surface area contributed by atoms with E-state index in [1.54, 1.807) is 0 Å². The molecule has 0 saturated heterocycles. The fourth-order valence-electron chi connectivity index (χ4n) is 1.43. The van der Waals surface area contributed by atoms with Crippen LogP contribution in [0, 0.1) is 0 Å². The maximum atomic E-state index is 9.96. The molecule has 4 nitrogen and oxygen atoms in total. The lowest BCUT2D eigenvalue weighted by molar-refractivity contribution is -0.112. The van der Waals surface area contributed by atoms with Gasteiger partial charge in [-0.05, 0) is 19.3 Å². The summed E-state index contributed by atoms with van der Waals surface area (Å²) in [5.74, 6) is 0. The van der Waals surface area contributed by atoms with Gasteiger partial charge in [-0.1, -0.05) is 31.9 Å². The maximum absolute atomic E-state index is 9.96. The number of carbonyl (C=O) groups is 1. The van der Waals surface area contributed by atoms with Crippen LogP contribution in [-0.4, -0.2) is 45.9 Å². The lowest BCUT2D eigenvalue weighted by atomic mass is 10.2. The number of rotatable bonds is 15. The summed E-state index contributed by atoms with van der Waals surface area (Å²) in [4.78, 5) is 9.96. The summed E-state index contributed by atoms with van der Waals surface area (Å²) in [5, 5.41) is 0. The van der Waals surface area contributed by atoms with Gasteiger partial charge in [0.25, 0.3) is 0 Å². The molecule has 0 amide bonds. The molecule has 0 saturated carbocycles. The first kappa shape index (κ1) is 18.3. The number of hydrogen-bond acceptors (Lipinski definition) is 4. The average molecular weight is 272 g/mol. The Balaban J connectivity index is 2.99. The second-order valence-corrected chi connectivity index (χ2v) is 4.42.